The molecule has 0 radical (unpaired) electrons. The van der Waals surface area contributed by atoms with Gasteiger partial charge in [0.05, 0.1) is 31.9 Å². The number of morpholine rings is 1. The van der Waals surface area contributed by atoms with Crippen molar-refractivity contribution < 1.29 is 23.5 Å². The topological polar surface area (TPSA) is 77.3 Å². The molecule has 8 nitrogen and oxygen atoms in total. The summed E-state index contributed by atoms with van der Waals surface area (Å²) < 4.78 is 21.5. The predicted octanol–water partition coefficient (Wildman–Crippen LogP) is 2.11. The van der Waals surface area contributed by atoms with E-state index in [1.54, 1.807) is 12.0 Å². The Labute approximate surface area is 171 Å². The molecule has 3 rings (SSSR count). The lowest BCUT2D eigenvalue weighted by molar-refractivity contribution is -0.136. The lowest BCUT2D eigenvalue weighted by Crippen LogP contribution is -2.38. The molecule has 0 aliphatic carbocycles. The summed E-state index contributed by atoms with van der Waals surface area (Å²) in [6.07, 6.45) is 0. The number of methoxy groups -OCH3 is 2. The Morgan fingerprint density at radius 2 is 2.03 bits per heavy atom. The number of rotatable bonds is 9. The average molecular weight is 403 g/mol. The average Bonchev–Trinajstić information content (AvgIpc) is 3.15. The summed E-state index contributed by atoms with van der Waals surface area (Å²) in [5, 5.41) is 4.38. The molecule has 1 aromatic heterocycles. The molecule has 1 amide bonds. The summed E-state index contributed by atoms with van der Waals surface area (Å²) in [7, 11) is 3.14. The molecule has 1 aromatic carbocycles. The van der Waals surface area contributed by atoms with Crippen LogP contribution in [0.2, 0.25) is 0 Å². The molecule has 29 heavy (non-hydrogen) atoms. The van der Waals surface area contributed by atoms with Crippen LogP contribution >= 0.6 is 0 Å². The van der Waals surface area contributed by atoms with Crippen LogP contribution < -0.4 is 4.90 Å². The molecule has 158 valence electrons. The first kappa shape index (κ1) is 21.3. The number of carbonyl (C=O) groups excluding carboxylic acids is 1. The molecule has 1 aliphatic rings. The Kier molecular flexibility index (Phi) is 7.62. The van der Waals surface area contributed by atoms with Gasteiger partial charge in [-0.15, -0.1) is 0 Å². The van der Waals surface area contributed by atoms with Gasteiger partial charge in [-0.3, -0.25) is 4.79 Å². The maximum absolute atomic E-state index is 12.6. The predicted molar refractivity (Wildman–Crippen MR) is 109 cm³/mol. The molecule has 0 unspecified atom stereocenters. The van der Waals surface area contributed by atoms with Crippen molar-refractivity contribution >= 4 is 11.8 Å². The van der Waals surface area contributed by atoms with E-state index >= 15 is 0 Å². The first-order valence-corrected chi connectivity index (χ1v) is 9.78. The molecule has 8 heteroatoms. The van der Waals surface area contributed by atoms with E-state index in [-0.39, 0.29) is 12.5 Å². The fourth-order valence-corrected chi connectivity index (χ4v) is 3.38. The maximum Gasteiger partial charge on any atom is 0.248 e. The quantitative estimate of drug-likeness (QED) is 0.635. The van der Waals surface area contributed by atoms with Crippen LogP contribution in [0.15, 0.2) is 28.8 Å². The van der Waals surface area contributed by atoms with Crippen molar-refractivity contribution in [2.24, 2.45) is 0 Å². The lowest BCUT2D eigenvalue weighted by atomic mass is 10.0. The largest absolute Gasteiger partial charge is 0.383 e. The normalized spacial score (nSPS) is 14.2. The van der Waals surface area contributed by atoms with Gasteiger partial charge in [0, 0.05) is 39.4 Å². The molecule has 1 saturated heterocycles. The third-order valence-electron chi connectivity index (χ3n) is 4.89. The van der Waals surface area contributed by atoms with Crippen LogP contribution in [0, 0.1) is 6.92 Å². The molecule has 0 spiro atoms. The zero-order chi connectivity index (χ0) is 20.6. The summed E-state index contributed by atoms with van der Waals surface area (Å²) in [6.45, 7) is 6.03. The van der Waals surface area contributed by atoms with E-state index in [0.717, 1.165) is 35.5 Å². The SMILES string of the molecule is COCCN(Cc1c(-c2cccc(C)c2)noc1N1CCOCC1)C(=O)COC. The molecule has 1 fully saturated rings. The van der Waals surface area contributed by atoms with Crippen molar-refractivity contribution in [1.82, 2.24) is 10.1 Å². The van der Waals surface area contributed by atoms with E-state index in [9.17, 15) is 4.79 Å². The second-order valence-electron chi connectivity index (χ2n) is 7.02. The first-order valence-electron chi connectivity index (χ1n) is 9.78. The second kappa shape index (κ2) is 10.4. The summed E-state index contributed by atoms with van der Waals surface area (Å²) in [5.74, 6) is 0.589. The second-order valence-corrected chi connectivity index (χ2v) is 7.02. The van der Waals surface area contributed by atoms with Crippen LogP contribution in [0.25, 0.3) is 11.3 Å². The Bertz CT molecular complexity index is 801. The Morgan fingerprint density at radius 3 is 2.72 bits per heavy atom. The van der Waals surface area contributed by atoms with E-state index in [1.165, 1.54) is 7.11 Å². The highest BCUT2D eigenvalue weighted by molar-refractivity contribution is 5.78. The highest BCUT2D eigenvalue weighted by Crippen LogP contribution is 2.33. The highest BCUT2D eigenvalue weighted by atomic mass is 16.5. The van der Waals surface area contributed by atoms with E-state index in [2.05, 4.69) is 16.1 Å². The molecule has 2 aromatic rings. The molecule has 1 aliphatic heterocycles. The van der Waals surface area contributed by atoms with Gasteiger partial charge >= 0.3 is 0 Å². The summed E-state index contributed by atoms with van der Waals surface area (Å²) >= 11 is 0. The summed E-state index contributed by atoms with van der Waals surface area (Å²) in [6, 6.07) is 8.12. The fraction of sp³-hybridized carbons (Fsp3) is 0.524. The first-order chi connectivity index (χ1) is 14.1. The molecule has 2 heterocycles. The van der Waals surface area contributed by atoms with Crippen LogP contribution in [0.5, 0.6) is 0 Å². The number of aryl methyl sites for hydroxylation is 1. The van der Waals surface area contributed by atoms with Crippen molar-refractivity contribution in [2.45, 2.75) is 13.5 Å². The number of ether oxygens (including phenoxy) is 3. The minimum absolute atomic E-state index is 0.0155. The van der Waals surface area contributed by atoms with Gasteiger partial charge in [-0.2, -0.15) is 0 Å². The highest BCUT2D eigenvalue weighted by Gasteiger charge is 2.27. The Balaban J connectivity index is 1.97. The third kappa shape index (κ3) is 5.35. The summed E-state index contributed by atoms with van der Waals surface area (Å²) in [4.78, 5) is 16.5. The van der Waals surface area contributed by atoms with Gasteiger partial charge in [0.25, 0.3) is 0 Å². The van der Waals surface area contributed by atoms with Crippen molar-refractivity contribution in [1.29, 1.82) is 0 Å². The van der Waals surface area contributed by atoms with E-state index in [1.807, 2.05) is 25.1 Å². The number of carbonyl (C=O) groups is 1. The summed E-state index contributed by atoms with van der Waals surface area (Å²) in [5.41, 5.74) is 3.74. The molecule has 0 saturated carbocycles. The monoisotopic (exact) mass is 403 g/mol. The van der Waals surface area contributed by atoms with Crippen molar-refractivity contribution in [3.8, 4) is 11.3 Å². The van der Waals surface area contributed by atoms with Gasteiger partial charge in [-0.1, -0.05) is 28.9 Å². The standard InChI is InChI=1S/C21H29N3O5/c1-16-5-4-6-17(13-16)20-18(14-24(7-10-26-2)19(25)15-27-3)21(29-22-20)23-8-11-28-12-9-23/h4-6,13H,7-12,14-15H2,1-3H3. The van der Waals surface area contributed by atoms with Gasteiger partial charge in [0.1, 0.15) is 12.3 Å². The molecular formula is C21H29N3O5. The minimum Gasteiger partial charge on any atom is -0.383 e. The van der Waals surface area contributed by atoms with Gasteiger partial charge in [-0.25, -0.2) is 0 Å². The number of benzene rings is 1. The Hall–Kier alpha value is -2.42. The Morgan fingerprint density at radius 1 is 1.24 bits per heavy atom. The number of nitrogens with zero attached hydrogens (tertiary/aromatic N) is 3. The zero-order valence-electron chi connectivity index (χ0n) is 17.3. The third-order valence-corrected chi connectivity index (χ3v) is 4.89. The van der Waals surface area contributed by atoms with Crippen LogP contribution in [0.3, 0.4) is 0 Å². The van der Waals surface area contributed by atoms with E-state index in [4.69, 9.17) is 18.7 Å². The van der Waals surface area contributed by atoms with Crippen LogP contribution in [0.1, 0.15) is 11.1 Å². The van der Waals surface area contributed by atoms with Gasteiger partial charge in [0.2, 0.25) is 11.8 Å². The zero-order valence-corrected chi connectivity index (χ0v) is 17.3. The molecule has 0 N–H and O–H groups in total. The fourth-order valence-electron chi connectivity index (χ4n) is 3.38. The van der Waals surface area contributed by atoms with Gasteiger partial charge in [-0.05, 0) is 13.0 Å². The van der Waals surface area contributed by atoms with Gasteiger partial charge in [0.15, 0.2) is 0 Å². The number of amides is 1. The molecular weight excluding hydrogens is 374 g/mol. The molecule has 0 atom stereocenters. The number of hydrogen-bond donors (Lipinski definition) is 0. The number of aromatic nitrogens is 1. The van der Waals surface area contributed by atoms with Crippen LogP contribution in [0.4, 0.5) is 5.88 Å². The van der Waals surface area contributed by atoms with Gasteiger partial charge < -0.3 is 28.5 Å². The smallest absolute Gasteiger partial charge is 0.248 e. The van der Waals surface area contributed by atoms with Crippen molar-refractivity contribution in [2.75, 3.05) is 65.2 Å². The van der Waals surface area contributed by atoms with Crippen LogP contribution in [-0.4, -0.2) is 76.2 Å². The lowest BCUT2D eigenvalue weighted by Gasteiger charge is -2.28. The molecule has 0 bridgehead atoms. The van der Waals surface area contributed by atoms with E-state index in [0.29, 0.717) is 38.8 Å². The van der Waals surface area contributed by atoms with Crippen molar-refractivity contribution in [3.05, 3.63) is 35.4 Å². The van der Waals surface area contributed by atoms with Crippen molar-refractivity contribution in [3.63, 3.8) is 0 Å². The van der Waals surface area contributed by atoms with E-state index < -0.39 is 0 Å². The minimum atomic E-state index is -0.103. The van der Waals surface area contributed by atoms with Crippen LogP contribution in [-0.2, 0) is 25.5 Å². The number of hydrogen-bond acceptors (Lipinski definition) is 7. The maximum atomic E-state index is 12.6. The number of anilines is 1.